The molecule has 0 aliphatic carbocycles. The Bertz CT molecular complexity index is 433. The zero-order chi connectivity index (χ0) is 15.1. The molecule has 2 atom stereocenters. The maximum atomic E-state index is 6.14. The van der Waals surface area contributed by atoms with Crippen LogP contribution in [0.15, 0.2) is 18.2 Å². The topological polar surface area (TPSA) is 30.5 Å². The van der Waals surface area contributed by atoms with Crippen LogP contribution < -0.4 is 10.1 Å². The van der Waals surface area contributed by atoms with Crippen molar-refractivity contribution in [3.63, 3.8) is 0 Å². The van der Waals surface area contributed by atoms with Gasteiger partial charge in [-0.3, -0.25) is 0 Å². The molecule has 1 saturated heterocycles. The second-order valence-corrected chi connectivity index (χ2v) is 6.09. The van der Waals surface area contributed by atoms with E-state index in [9.17, 15) is 0 Å². The van der Waals surface area contributed by atoms with Crippen molar-refractivity contribution in [2.75, 3.05) is 19.8 Å². The molecule has 1 aliphatic heterocycles. The van der Waals surface area contributed by atoms with Gasteiger partial charge in [0, 0.05) is 23.2 Å². The van der Waals surface area contributed by atoms with Crippen LogP contribution in [0.2, 0.25) is 5.02 Å². The van der Waals surface area contributed by atoms with E-state index in [1.807, 2.05) is 18.2 Å². The monoisotopic (exact) mass is 311 g/mol. The van der Waals surface area contributed by atoms with Gasteiger partial charge in [-0.25, -0.2) is 0 Å². The highest BCUT2D eigenvalue weighted by Crippen LogP contribution is 2.29. The standard InChI is InChI=1S/C17H26ClNO2/c1-3-9-19-13(2)16-11-14(18)7-8-17(16)21-12-15-6-4-5-10-20-15/h7-8,11,13,15,19H,3-6,9-10,12H2,1-2H3. The normalized spacial score (nSPS) is 20.2. The number of rotatable bonds is 7. The van der Waals surface area contributed by atoms with Crippen LogP contribution in [0.5, 0.6) is 5.75 Å². The van der Waals surface area contributed by atoms with Gasteiger partial charge in [0.25, 0.3) is 0 Å². The van der Waals surface area contributed by atoms with Crippen LogP contribution in [0.1, 0.15) is 51.1 Å². The fourth-order valence-electron chi connectivity index (χ4n) is 2.58. The van der Waals surface area contributed by atoms with Gasteiger partial charge in [0.1, 0.15) is 12.4 Å². The fourth-order valence-corrected chi connectivity index (χ4v) is 2.76. The third-order valence-electron chi connectivity index (χ3n) is 3.84. The van der Waals surface area contributed by atoms with Gasteiger partial charge < -0.3 is 14.8 Å². The first-order valence-corrected chi connectivity index (χ1v) is 8.35. The average molecular weight is 312 g/mol. The molecule has 0 amide bonds. The summed E-state index contributed by atoms with van der Waals surface area (Å²) in [6.07, 6.45) is 4.82. The van der Waals surface area contributed by atoms with Crippen LogP contribution in [0.3, 0.4) is 0 Å². The third-order valence-corrected chi connectivity index (χ3v) is 4.07. The first-order valence-electron chi connectivity index (χ1n) is 7.98. The number of nitrogens with one attached hydrogen (secondary N) is 1. The predicted molar refractivity (Wildman–Crippen MR) is 87.2 cm³/mol. The van der Waals surface area contributed by atoms with Gasteiger partial charge in [-0.15, -0.1) is 0 Å². The second kappa shape index (κ2) is 8.62. The second-order valence-electron chi connectivity index (χ2n) is 5.66. The lowest BCUT2D eigenvalue weighted by atomic mass is 10.1. The third kappa shape index (κ3) is 5.17. The Hall–Kier alpha value is -0.770. The molecule has 0 saturated carbocycles. The summed E-state index contributed by atoms with van der Waals surface area (Å²) in [6.45, 7) is 6.77. The van der Waals surface area contributed by atoms with Crippen molar-refractivity contribution in [2.24, 2.45) is 0 Å². The average Bonchev–Trinajstić information content (AvgIpc) is 2.52. The number of benzene rings is 1. The van der Waals surface area contributed by atoms with E-state index in [1.54, 1.807) is 0 Å². The highest BCUT2D eigenvalue weighted by atomic mass is 35.5. The molecule has 4 heteroatoms. The highest BCUT2D eigenvalue weighted by molar-refractivity contribution is 6.30. The van der Waals surface area contributed by atoms with Crippen LogP contribution in [0, 0.1) is 0 Å². The molecule has 2 unspecified atom stereocenters. The van der Waals surface area contributed by atoms with E-state index in [2.05, 4.69) is 19.2 Å². The summed E-state index contributed by atoms with van der Waals surface area (Å²) in [6, 6.07) is 6.07. The molecule has 1 fully saturated rings. The Morgan fingerprint density at radius 1 is 1.43 bits per heavy atom. The molecular weight excluding hydrogens is 286 g/mol. The molecule has 1 heterocycles. The van der Waals surface area contributed by atoms with Crippen molar-refractivity contribution in [1.29, 1.82) is 0 Å². The van der Waals surface area contributed by atoms with Crippen molar-refractivity contribution in [3.8, 4) is 5.75 Å². The van der Waals surface area contributed by atoms with E-state index in [-0.39, 0.29) is 12.1 Å². The number of halogens is 1. The first kappa shape index (κ1) is 16.6. The van der Waals surface area contributed by atoms with Crippen LogP contribution >= 0.6 is 11.6 Å². The molecule has 0 radical (unpaired) electrons. The molecule has 2 rings (SSSR count). The van der Waals surface area contributed by atoms with Crippen molar-refractivity contribution in [2.45, 2.75) is 51.7 Å². The van der Waals surface area contributed by atoms with Crippen molar-refractivity contribution in [1.82, 2.24) is 5.32 Å². The number of hydrogen-bond acceptors (Lipinski definition) is 3. The SMILES string of the molecule is CCCNC(C)c1cc(Cl)ccc1OCC1CCCCO1. The van der Waals surface area contributed by atoms with Gasteiger partial charge in [0.05, 0.1) is 6.10 Å². The summed E-state index contributed by atoms with van der Waals surface area (Å²) in [7, 11) is 0. The summed E-state index contributed by atoms with van der Waals surface area (Å²) in [5, 5.41) is 4.23. The first-order chi connectivity index (χ1) is 10.2. The van der Waals surface area contributed by atoms with Crippen LogP contribution in [0.4, 0.5) is 0 Å². The lowest BCUT2D eigenvalue weighted by Crippen LogP contribution is -2.26. The van der Waals surface area contributed by atoms with E-state index in [0.29, 0.717) is 6.61 Å². The Kier molecular flexibility index (Phi) is 6.81. The predicted octanol–water partition coefficient (Wildman–Crippen LogP) is 4.35. The van der Waals surface area contributed by atoms with E-state index >= 15 is 0 Å². The fraction of sp³-hybridized carbons (Fsp3) is 0.647. The van der Waals surface area contributed by atoms with Crippen LogP contribution in [-0.4, -0.2) is 25.9 Å². The molecular formula is C17H26ClNO2. The Morgan fingerprint density at radius 2 is 2.29 bits per heavy atom. The van der Waals surface area contributed by atoms with Crippen molar-refractivity contribution >= 4 is 11.6 Å². The summed E-state index contributed by atoms with van der Waals surface area (Å²) in [5.41, 5.74) is 1.12. The lowest BCUT2D eigenvalue weighted by Gasteiger charge is -2.24. The molecule has 1 aliphatic rings. The van der Waals surface area contributed by atoms with Gasteiger partial charge in [0.15, 0.2) is 0 Å². The largest absolute Gasteiger partial charge is 0.491 e. The van der Waals surface area contributed by atoms with Gasteiger partial charge in [-0.05, 0) is 57.4 Å². The maximum absolute atomic E-state index is 6.14. The Labute approximate surface area is 133 Å². The number of ether oxygens (including phenoxy) is 2. The zero-order valence-corrected chi connectivity index (χ0v) is 13.8. The van der Waals surface area contributed by atoms with Gasteiger partial charge in [-0.2, -0.15) is 0 Å². The lowest BCUT2D eigenvalue weighted by molar-refractivity contribution is -0.0113. The minimum Gasteiger partial charge on any atom is -0.491 e. The Balaban J connectivity index is 1.99. The summed E-state index contributed by atoms with van der Waals surface area (Å²) < 4.78 is 11.7. The van der Waals surface area contributed by atoms with E-state index in [4.69, 9.17) is 21.1 Å². The molecule has 1 N–H and O–H groups in total. The van der Waals surface area contributed by atoms with Gasteiger partial charge in [-0.1, -0.05) is 18.5 Å². The molecule has 118 valence electrons. The van der Waals surface area contributed by atoms with E-state index < -0.39 is 0 Å². The summed E-state index contributed by atoms with van der Waals surface area (Å²) in [5.74, 6) is 0.907. The van der Waals surface area contributed by atoms with Gasteiger partial charge in [0.2, 0.25) is 0 Å². The zero-order valence-electron chi connectivity index (χ0n) is 13.0. The molecule has 1 aromatic carbocycles. The summed E-state index contributed by atoms with van der Waals surface area (Å²) in [4.78, 5) is 0. The van der Waals surface area contributed by atoms with Crippen LogP contribution in [-0.2, 0) is 4.74 Å². The molecule has 0 aromatic heterocycles. The minimum atomic E-state index is 0.223. The minimum absolute atomic E-state index is 0.223. The van der Waals surface area contributed by atoms with Crippen molar-refractivity contribution < 1.29 is 9.47 Å². The smallest absolute Gasteiger partial charge is 0.124 e. The van der Waals surface area contributed by atoms with E-state index in [0.717, 1.165) is 42.3 Å². The maximum Gasteiger partial charge on any atom is 0.124 e. The Morgan fingerprint density at radius 3 is 3.00 bits per heavy atom. The molecule has 1 aromatic rings. The van der Waals surface area contributed by atoms with E-state index in [1.165, 1.54) is 12.8 Å². The highest BCUT2D eigenvalue weighted by Gasteiger charge is 2.17. The van der Waals surface area contributed by atoms with Crippen molar-refractivity contribution in [3.05, 3.63) is 28.8 Å². The summed E-state index contributed by atoms with van der Waals surface area (Å²) >= 11 is 6.14. The number of hydrogen-bond donors (Lipinski definition) is 1. The quantitative estimate of drug-likeness (QED) is 0.812. The molecule has 21 heavy (non-hydrogen) atoms. The molecule has 0 spiro atoms. The van der Waals surface area contributed by atoms with Crippen LogP contribution in [0.25, 0.3) is 0 Å². The van der Waals surface area contributed by atoms with Gasteiger partial charge >= 0.3 is 0 Å². The molecule has 3 nitrogen and oxygen atoms in total. The molecule has 0 bridgehead atoms.